The standard InChI is InChI=1S/C16H29NO2/c1-14(2)12-17-8-4-3-5-15-6-9-19-16(11-15)7-10-18-13-16/h3,5,14-15,17H,4,6-13H2,1-2H3. The van der Waals surface area contributed by atoms with E-state index in [2.05, 4.69) is 31.3 Å². The minimum absolute atomic E-state index is 0.0448. The first-order valence-corrected chi connectivity index (χ1v) is 7.79. The van der Waals surface area contributed by atoms with Crippen LogP contribution in [0.1, 0.15) is 39.5 Å². The van der Waals surface area contributed by atoms with Gasteiger partial charge in [-0.3, -0.25) is 0 Å². The number of rotatable bonds is 6. The van der Waals surface area contributed by atoms with E-state index in [0.717, 1.165) is 64.5 Å². The summed E-state index contributed by atoms with van der Waals surface area (Å²) in [7, 11) is 0. The fraction of sp³-hybridized carbons (Fsp3) is 0.875. The van der Waals surface area contributed by atoms with Gasteiger partial charge in [0.15, 0.2) is 0 Å². The van der Waals surface area contributed by atoms with E-state index in [1.165, 1.54) is 0 Å². The number of allylic oxidation sites excluding steroid dienone is 1. The molecule has 2 heterocycles. The van der Waals surface area contributed by atoms with Crippen molar-refractivity contribution in [3.05, 3.63) is 12.2 Å². The first kappa shape index (κ1) is 15.0. The summed E-state index contributed by atoms with van der Waals surface area (Å²) < 4.78 is 11.5. The Morgan fingerprint density at radius 3 is 3.00 bits per heavy atom. The summed E-state index contributed by atoms with van der Waals surface area (Å²) in [6, 6.07) is 0. The number of ether oxygens (including phenoxy) is 2. The summed E-state index contributed by atoms with van der Waals surface area (Å²) in [6.45, 7) is 9.26. The molecule has 2 aliphatic heterocycles. The van der Waals surface area contributed by atoms with Gasteiger partial charge in [0.05, 0.1) is 12.2 Å². The lowest BCUT2D eigenvalue weighted by atomic mass is 9.85. The fourth-order valence-electron chi connectivity index (χ4n) is 2.96. The molecule has 0 aromatic carbocycles. The molecule has 0 aromatic heterocycles. The zero-order valence-electron chi connectivity index (χ0n) is 12.5. The third-order valence-electron chi connectivity index (χ3n) is 4.05. The SMILES string of the molecule is CC(C)CNCCC=CC1CCOC2(CCOC2)C1. The van der Waals surface area contributed by atoms with Crippen molar-refractivity contribution in [3.8, 4) is 0 Å². The van der Waals surface area contributed by atoms with E-state index in [1.807, 2.05) is 0 Å². The molecule has 1 spiro atoms. The highest BCUT2D eigenvalue weighted by atomic mass is 16.6. The molecule has 0 amide bonds. The Balaban J connectivity index is 1.64. The van der Waals surface area contributed by atoms with E-state index in [1.54, 1.807) is 0 Å². The van der Waals surface area contributed by atoms with Crippen molar-refractivity contribution in [2.24, 2.45) is 11.8 Å². The average molecular weight is 267 g/mol. The van der Waals surface area contributed by atoms with Crippen molar-refractivity contribution >= 4 is 0 Å². The molecule has 0 bridgehead atoms. The van der Waals surface area contributed by atoms with E-state index in [-0.39, 0.29) is 5.60 Å². The summed E-state index contributed by atoms with van der Waals surface area (Å²) in [5.74, 6) is 1.42. The van der Waals surface area contributed by atoms with Gasteiger partial charge in [-0.1, -0.05) is 26.0 Å². The molecule has 2 unspecified atom stereocenters. The molecule has 110 valence electrons. The average Bonchev–Trinajstić information content (AvgIpc) is 2.81. The maximum Gasteiger partial charge on any atom is 0.0942 e. The molecular weight excluding hydrogens is 238 g/mol. The van der Waals surface area contributed by atoms with Gasteiger partial charge in [0.2, 0.25) is 0 Å². The third kappa shape index (κ3) is 4.90. The highest BCUT2D eigenvalue weighted by Gasteiger charge is 2.40. The topological polar surface area (TPSA) is 30.5 Å². The Morgan fingerprint density at radius 1 is 1.37 bits per heavy atom. The molecule has 1 N–H and O–H groups in total. The van der Waals surface area contributed by atoms with E-state index in [9.17, 15) is 0 Å². The molecule has 0 aliphatic carbocycles. The fourth-order valence-corrected chi connectivity index (χ4v) is 2.96. The van der Waals surface area contributed by atoms with E-state index in [0.29, 0.717) is 5.92 Å². The normalized spacial score (nSPS) is 31.8. The van der Waals surface area contributed by atoms with Gasteiger partial charge in [0.1, 0.15) is 0 Å². The van der Waals surface area contributed by atoms with Crippen molar-refractivity contribution in [1.82, 2.24) is 5.32 Å². The molecular formula is C16H29NO2. The Kier molecular flexibility index (Phi) is 5.86. The molecule has 3 nitrogen and oxygen atoms in total. The lowest BCUT2D eigenvalue weighted by Crippen LogP contribution is -2.39. The van der Waals surface area contributed by atoms with Crippen LogP contribution in [-0.4, -0.2) is 38.5 Å². The second-order valence-electron chi connectivity index (χ2n) is 6.40. The Labute approximate surface area is 117 Å². The smallest absolute Gasteiger partial charge is 0.0942 e. The number of hydrogen-bond acceptors (Lipinski definition) is 3. The third-order valence-corrected chi connectivity index (χ3v) is 4.05. The van der Waals surface area contributed by atoms with Crippen molar-refractivity contribution < 1.29 is 9.47 Å². The second-order valence-corrected chi connectivity index (χ2v) is 6.40. The van der Waals surface area contributed by atoms with Crippen LogP contribution in [0.25, 0.3) is 0 Å². The minimum atomic E-state index is 0.0448. The highest BCUT2D eigenvalue weighted by Crippen LogP contribution is 2.36. The van der Waals surface area contributed by atoms with Gasteiger partial charge in [-0.2, -0.15) is 0 Å². The van der Waals surface area contributed by atoms with Crippen molar-refractivity contribution in [2.75, 3.05) is 32.9 Å². The lowest BCUT2D eigenvalue weighted by molar-refractivity contribution is -0.0910. The first-order valence-electron chi connectivity index (χ1n) is 7.79. The molecule has 2 atom stereocenters. The predicted octanol–water partition coefficient (Wildman–Crippen LogP) is 2.76. The molecule has 2 aliphatic rings. The van der Waals surface area contributed by atoms with Crippen LogP contribution in [-0.2, 0) is 9.47 Å². The molecule has 2 rings (SSSR count). The van der Waals surface area contributed by atoms with Gasteiger partial charge in [-0.25, -0.2) is 0 Å². The first-order chi connectivity index (χ1) is 9.20. The van der Waals surface area contributed by atoms with Gasteiger partial charge >= 0.3 is 0 Å². The lowest BCUT2D eigenvalue weighted by Gasteiger charge is -2.36. The quantitative estimate of drug-likeness (QED) is 0.593. The number of hydrogen-bond donors (Lipinski definition) is 1. The molecule has 0 saturated carbocycles. The van der Waals surface area contributed by atoms with Gasteiger partial charge in [0, 0.05) is 19.6 Å². The Hall–Kier alpha value is -0.380. The van der Waals surface area contributed by atoms with Gasteiger partial charge in [0.25, 0.3) is 0 Å². The molecule has 0 radical (unpaired) electrons. The Bertz CT molecular complexity index is 282. The molecule has 19 heavy (non-hydrogen) atoms. The molecule has 0 aromatic rings. The van der Waals surface area contributed by atoms with Crippen LogP contribution >= 0.6 is 0 Å². The zero-order chi connectivity index (χ0) is 13.6. The maximum absolute atomic E-state index is 5.96. The summed E-state index contributed by atoms with van der Waals surface area (Å²) in [4.78, 5) is 0. The van der Waals surface area contributed by atoms with Crippen LogP contribution in [0.15, 0.2) is 12.2 Å². The number of nitrogens with one attached hydrogen (secondary N) is 1. The van der Waals surface area contributed by atoms with Crippen LogP contribution in [0.5, 0.6) is 0 Å². The minimum Gasteiger partial charge on any atom is -0.378 e. The highest BCUT2D eigenvalue weighted by molar-refractivity contribution is 4.98. The maximum atomic E-state index is 5.96. The summed E-state index contributed by atoms with van der Waals surface area (Å²) in [5.41, 5.74) is 0.0448. The molecule has 2 fully saturated rings. The summed E-state index contributed by atoms with van der Waals surface area (Å²) in [6.07, 6.45) is 9.26. The zero-order valence-corrected chi connectivity index (χ0v) is 12.5. The van der Waals surface area contributed by atoms with Crippen LogP contribution in [0, 0.1) is 11.8 Å². The largest absolute Gasteiger partial charge is 0.378 e. The van der Waals surface area contributed by atoms with E-state index >= 15 is 0 Å². The van der Waals surface area contributed by atoms with Crippen LogP contribution in [0.4, 0.5) is 0 Å². The summed E-state index contributed by atoms with van der Waals surface area (Å²) >= 11 is 0. The predicted molar refractivity (Wildman–Crippen MR) is 78.3 cm³/mol. The van der Waals surface area contributed by atoms with Gasteiger partial charge in [-0.05, 0) is 44.2 Å². The Morgan fingerprint density at radius 2 is 2.26 bits per heavy atom. The van der Waals surface area contributed by atoms with E-state index < -0.39 is 0 Å². The van der Waals surface area contributed by atoms with Crippen molar-refractivity contribution in [1.29, 1.82) is 0 Å². The van der Waals surface area contributed by atoms with E-state index in [4.69, 9.17) is 9.47 Å². The molecule has 3 heteroatoms. The second kappa shape index (κ2) is 7.41. The van der Waals surface area contributed by atoms with Crippen molar-refractivity contribution in [3.63, 3.8) is 0 Å². The van der Waals surface area contributed by atoms with Gasteiger partial charge in [-0.15, -0.1) is 0 Å². The van der Waals surface area contributed by atoms with Crippen LogP contribution < -0.4 is 5.32 Å². The van der Waals surface area contributed by atoms with Crippen molar-refractivity contribution in [2.45, 2.75) is 45.1 Å². The van der Waals surface area contributed by atoms with Crippen LogP contribution in [0.3, 0.4) is 0 Å². The van der Waals surface area contributed by atoms with Gasteiger partial charge < -0.3 is 14.8 Å². The monoisotopic (exact) mass is 267 g/mol. The summed E-state index contributed by atoms with van der Waals surface area (Å²) in [5, 5.41) is 3.48. The van der Waals surface area contributed by atoms with Crippen LogP contribution in [0.2, 0.25) is 0 Å². The molecule has 2 saturated heterocycles.